The van der Waals surface area contributed by atoms with E-state index in [-0.39, 0.29) is 7.47 Å². The minimum atomic E-state index is -11.2. The molecule has 9 heteroatoms. The van der Waals surface area contributed by atoms with Crippen molar-refractivity contribution in [3.05, 3.63) is 60.3 Å². The Balaban J connectivity index is 0.000000522. The fourth-order valence-corrected chi connectivity index (χ4v) is 1.60. The maximum absolute atomic E-state index is 11.2. The second-order valence-corrected chi connectivity index (χ2v) is 9.89. The summed E-state index contributed by atoms with van der Waals surface area (Å²) in [6.07, 6.45) is 7.73. The molecule has 0 N–H and O–H groups in total. The molecule has 0 spiro atoms. The van der Waals surface area contributed by atoms with E-state index < -0.39 is 19.5 Å². The molecule has 0 radical (unpaired) electrons. The molecule has 0 bridgehead atoms. The minimum Gasteiger partial charge on any atom is 1.00 e. The Morgan fingerprint density at radius 1 is 1.05 bits per heavy atom. The number of nitrogens with zero attached hydrogens (tertiary/aromatic N) is 2. The van der Waals surface area contributed by atoms with Gasteiger partial charge in [-0.25, -0.2) is 0 Å². The zero-order valence-electron chi connectivity index (χ0n) is 12.1. The van der Waals surface area contributed by atoms with E-state index in [1.807, 2.05) is 47.5 Å². The number of nitriles is 1. The molecule has 122 valence electrons. The van der Waals surface area contributed by atoms with Crippen LogP contribution in [0.5, 0.6) is 0 Å². The Labute approximate surface area is 127 Å². The summed E-state index contributed by atoms with van der Waals surface area (Å²) in [5.41, 5.74) is 1.22. The Kier molecular flexibility index (Phi) is 4.93. The molecule has 0 saturated carbocycles. The Morgan fingerprint density at radius 3 is 2.09 bits per heavy atom. The third-order valence-corrected chi connectivity index (χ3v) is 2.38. The SMILES string of the molecule is N#CC1C=CC=CN1Cc1ccccc1.[F][Sb-]([F])([F])([F])([F])[F].[H+]. The van der Waals surface area contributed by atoms with Crippen molar-refractivity contribution in [1.29, 1.82) is 5.26 Å². The van der Waals surface area contributed by atoms with Crippen LogP contribution in [0.25, 0.3) is 0 Å². The fourth-order valence-electron chi connectivity index (χ4n) is 1.60. The monoisotopic (exact) mass is 432 g/mol. The molecule has 1 aromatic rings. The molecule has 1 aliphatic rings. The van der Waals surface area contributed by atoms with Gasteiger partial charge in [0.25, 0.3) is 0 Å². The van der Waals surface area contributed by atoms with E-state index in [2.05, 4.69) is 18.2 Å². The van der Waals surface area contributed by atoms with Gasteiger partial charge in [-0.15, -0.1) is 0 Å². The standard InChI is InChI=1S/C13H12N2.6FH.Sb/c14-10-13-8-4-5-9-15(13)11-12-6-2-1-3-7-12;;;;;;;/h1-9,13H,11H2;6*1H;/q;;;;;;;+5/p-5. The van der Waals surface area contributed by atoms with E-state index in [4.69, 9.17) is 5.26 Å². The van der Waals surface area contributed by atoms with Crippen molar-refractivity contribution in [2.45, 2.75) is 12.6 Å². The molecule has 1 unspecified atom stereocenters. The van der Waals surface area contributed by atoms with Gasteiger partial charge >= 0.3 is 37.8 Å². The van der Waals surface area contributed by atoms with E-state index in [1.54, 1.807) is 0 Å². The van der Waals surface area contributed by atoms with Crippen LogP contribution < -0.4 is 0 Å². The largest absolute Gasteiger partial charge is 1.00 e. The summed E-state index contributed by atoms with van der Waals surface area (Å²) in [4.78, 5) is 2.02. The van der Waals surface area contributed by atoms with Crippen LogP contribution in [0.4, 0.5) is 16.9 Å². The van der Waals surface area contributed by atoms with Crippen LogP contribution in [0.3, 0.4) is 0 Å². The predicted molar refractivity (Wildman–Crippen MR) is 73.2 cm³/mol. The maximum atomic E-state index is 9.93. The summed E-state index contributed by atoms with van der Waals surface area (Å²) in [6, 6.07) is 12.3. The molecule has 0 aromatic heterocycles. The molecule has 2 nitrogen and oxygen atoms in total. The second-order valence-electron chi connectivity index (χ2n) is 4.42. The summed E-state index contributed by atoms with van der Waals surface area (Å²) in [5.74, 6) is 0. The third-order valence-electron chi connectivity index (χ3n) is 2.38. The average molecular weight is 433 g/mol. The Morgan fingerprint density at radius 2 is 1.59 bits per heavy atom. The van der Waals surface area contributed by atoms with Crippen molar-refractivity contribution < 1.29 is 18.3 Å². The smallest absolute Gasteiger partial charge is 1.00 e. The quantitative estimate of drug-likeness (QED) is 0.499. The summed E-state index contributed by atoms with van der Waals surface area (Å²) in [7, 11) is 0. The molecular weight excluding hydrogens is 420 g/mol. The van der Waals surface area contributed by atoms with E-state index >= 15 is 0 Å². The van der Waals surface area contributed by atoms with Gasteiger partial charge in [-0.1, -0.05) is 36.4 Å². The molecule has 2 rings (SSSR count). The predicted octanol–water partition coefficient (Wildman–Crippen LogP) is 4.72. The maximum Gasteiger partial charge on any atom is 1.00 e. The average Bonchev–Trinajstić information content (AvgIpc) is 2.37. The number of hydrogen-bond acceptors (Lipinski definition) is 2. The fraction of sp³-hybridized carbons (Fsp3) is 0.154. The van der Waals surface area contributed by atoms with Gasteiger partial charge in [0.05, 0.1) is 6.07 Å². The Bertz CT molecular complexity index is 595. The van der Waals surface area contributed by atoms with Gasteiger partial charge in [0.2, 0.25) is 0 Å². The first kappa shape index (κ1) is 18.4. The minimum absolute atomic E-state index is 0. The second kappa shape index (κ2) is 5.88. The number of benzene rings is 1. The number of rotatable bonds is 2. The zero-order chi connectivity index (χ0) is 16.9. The Hall–Kier alpha value is -1.61. The van der Waals surface area contributed by atoms with Gasteiger partial charge in [0, 0.05) is 12.7 Å². The van der Waals surface area contributed by atoms with Crippen molar-refractivity contribution in [2.75, 3.05) is 0 Å². The van der Waals surface area contributed by atoms with Gasteiger partial charge in [-0.2, -0.15) is 5.26 Å². The molecule has 1 atom stereocenters. The summed E-state index contributed by atoms with van der Waals surface area (Å²) >= 11 is -11.2. The van der Waals surface area contributed by atoms with Crippen LogP contribution in [0, 0.1) is 11.3 Å². The first-order chi connectivity index (χ1) is 9.85. The molecule has 0 fully saturated rings. The molecule has 1 aliphatic heterocycles. The normalized spacial score (nSPS) is 20.2. The summed E-state index contributed by atoms with van der Waals surface area (Å²) in [6.45, 7) is 0.778. The van der Waals surface area contributed by atoms with Crippen LogP contribution in [-0.4, -0.2) is 30.4 Å². The van der Waals surface area contributed by atoms with Crippen LogP contribution >= 0.6 is 0 Å². The first-order valence-electron chi connectivity index (χ1n) is 5.96. The zero-order valence-corrected chi connectivity index (χ0v) is 13.6. The van der Waals surface area contributed by atoms with Gasteiger partial charge in [0.15, 0.2) is 0 Å². The molecule has 0 aliphatic carbocycles. The van der Waals surface area contributed by atoms with Gasteiger partial charge < -0.3 is 4.90 Å². The molecule has 0 saturated heterocycles. The van der Waals surface area contributed by atoms with E-state index in [1.165, 1.54) is 5.56 Å². The van der Waals surface area contributed by atoms with Crippen LogP contribution in [0.2, 0.25) is 0 Å². The number of allylic oxidation sites excluding steroid dienone is 2. The van der Waals surface area contributed by atoms with Crippen molar-refractivity contribution in [3.8, 4) is 6.07 Å². The van der Waals surface area contributed by atoms with Crippen LogP contribution in [0.15, 0.2) is 54.8 Å². The summed E-state index contributed by atoms with van der Waals surface area (Å²) in [5, 5.41) is 8.96. The van der Waals surface area contributed by atoms with Gasteiger partial charge in [0.1, 0.15) is 6.04 Å². The topological polar surface area (TPSA) is 27.0 Å². The molecule has 1 aromatic carbocycles. The molecule has 0 amide bonds. The van der Waals surface area contributed by atoms with Crippen LogP contribution in [0.1, 0.15) is 6.99 Å². The van der Waals surface area contributed by atoms with E-state index in [9.17, 15) is 16.9 Å². The number of hydrogen-bond donors (Lipinski definition) is 0. The van der Waals surface area contributed by atoms with Crippen molar-refractivity contribution in [1.82, 2.24) is 4.90 Å². The molecule has 1 heterocycles. The first-order valence-corrected chi connectivity index (χ1v) is 11.7. The van der Waals surface area contributed by atoms with Gasteiger partial charge in [-0.3, -0.25) is 0 Å². The van der Waals surface area contributed by atoms with Crippen molar-refractivity contribution in [3.63, 3.8) is 0 Å². The van der Waals surface area contributed by atoms with Crippen LogP contribution in [-0.2, 0) is 6.54 Å². The van der Waals surface area contributed by atoms with E-state index in [0.717, 1.165) is 6.54 Å². The third kappa shape index (κ3) is 10.2. The molecule has 22 heavy (non-hydrogen) atoms. The van der Waals surface area contributed by atoms with Crippen molar-refractivity contribution in [2.24, 2.45) is 0 Å². The van der Waals surface area contributed by atoms with E-state index in [0.29, 0.717) is 0 Å². The number of halogens is 6. The summed E-state index contributed by atoms with van der Waals surface area (Å²) < 4.78 is 59.6. The van der Waals surface area contributed by atoms with Crippen molar-refractivity contribution >= 4 is 19.5 Å². The van der Waals surface area contributed by atoms with Gasteiger partial charge in [-0.05, 0) is 17.7 Å². The molecular formula is C13H13F6N2Sb.